The summed E-state index contributed by atoms with van der Waals surface area (Å²) in [5, 5.41) is 0. The second-order valence-electron chi connectivity index (χ2n) is 6.70. The van der Waals surface area contributed by atoms with E-state index in [1.165, 1.54) is 33.2 Å². The standard InChI is InChI=1S/C16H23F3N2O2S/c1-10(20-24(23)15(2,3)4)11-8-7-9-12(13(11)17)16(18,19)14(22)21(5)6/h7-10,20H,1-6H3/t10-,24?/m1/s1. The van der Waals surface area contributed by atoms with Crippen LogP contribution in [0, 0.1) is 5.82 Å². The summed E-state index contributed by atoms with van der Waals surface area (Å²) in [6, 6.07) is 2.69. The second kappa shape index (κ2) is 7.33. The molecule has 0 bridgehead atoms. The first kappa shape index (κ1) is 20.8. The van der Waals surface area contributed by atoms with Gasteiger partial charge in [-0.2, -0.15) is 8.78 Å². The summed E-state index contributed by atoms with van der Waals surface area (Å²) in [5.41, 5.74) is -1.06. The Morgan fingerprint density at radius 2 is 1.83 bits per heavy atom. The fraction of sp³-hybridized carbons (Fsp3) is 0.562. The van der Waals surface area contributed by atoms with Crippen LogP contribution < -0.4 is 4.72 Å². The third kappa shape index (κ3) is 4.43. The van der Waals surface area contributed by atoms with Crippen LogP contribution in [0.5, 0.6) is 0 Å². The molecule has 4 nitrogen and oxygen atoms in total. The first-order valence-electron chi connectivity index (χ1n) is 7.36. The molecule has 0 radical (unpaired) electrons. The fourth-order valence-corrected chi connectivity index (χ4v) is 2.73. The van der Waals surface area contributed by atoms with E-state index < -0.39 is 45.4 Å². The number of likely N-dealkylation sites (N-methyl/N-ethyl adjacent to an activating group) is 1. The molecule has 0 aliphatic carbocycles. The van der Waals surface area contributed by atoms with Gasteiger partial charge in [0.15, 0.2) is 0 Å². The molecule has 1 amide bonds. The summed E-state index contributed by atoms with van der Waals surface area (Å²) in [4.78, 5) is 12.4. The summed E-state index contributed by atoms with van der Waals surface area (Å²) < 4.78 is 57.3. The Kier molecular flexibility index (Phi) is 6.35. The molecule has 1 unspecified atom stereocenters. The zero-order valence-electron chi connectivity index (χ0n) is 14.6. The number of benzene rings is 1. The Morgan fingerprint density at radius 3 is 2.29 bits per heavy atom. The minimum atomic E-state index is -3.98. The molecule has 0 saturated carbocycles. The van der Waals surface area contributed by atoms with Crippen molar-refractivity contribution in [1.82, 2.24) is 9.62 Å². The van der Waals surface area contributed by atoms with Crippen LogP contribution in [0.3, 0.4) is 0 Å². The van der Waals surface area contributed by atoms with E-state index >= 15 is 0 Å². The monoisotopic (exact) mass is 364 g/mol. The lowest BCUT2D eigenvalue weighted by Crippen LogP contribution is -2.41. The van der Waals surface area contributed by atoms with Gasteiger partial charge < -0.3 is 9.45 Å². The summed E-state index contributed by atoms with van der Waals surface area (Å²) in [6.07, 6.45) is 0. The maximum Gasteiger partial charge on any atom is 0.352 e. The Balaban J connectivity index is 3.20. The van der Waals surface area contributed by atoms with Crippen molar-refractivity contribution in [2.24, 2.45) is 0 Å². The number of rotatable bonds is 5. The van der Waals surface area contributed by atoms with Gasteiger partial charge in [-0.1, -0.05) is 12.1 Å². The lowest BCUT2D eigenvalue weighted by atomic mass is 10.00. The number of halogens is 3. The van der Waals surface area contributed by atoms with E-state index in [4.69, 9.17) is 0 Å². The highest BCUT2D eigenvalue weighted by molar-refractivity contribution is 7.90. The Morgan fingerprint density at radius 1 is 1.29 bits per heavy atom. The summed E-state index contributed by atoms with van der Waals surface area (Å²) in [6.45, 7) is 6.73. The van der Waals surface area contributed by atoms with Gasteiger partial charge in [-0.3, -0.25) is 4.79 Å². The molecule has 1 aromatic rings. The average Bonchev–Trinajstić information content (AvgIpc) is 2.44. The van der Waals surface area contributed by atoms with Crippen molar-refractivity contribution >= 4 is 17.3 Å². The molecule has 0 aliphatic rings. The highest BCUT2D eigenvalue weighted by Gasteiger charge is 2.45. The number of hydrogen-bond acceptors (Lipinski definition) is 3. The summed E-state index contributed by atoms with van der Waals surface area (Å²) >= 11 is -1.50. The Bertz CT molecular complexity index is 603. The molecule has 0 saturated heterocycles. The number of carbonyl (C=O) groups is 1. The SMILES string of the molecule is C[C@@H](N[S+]([O-])C(C)(C)C)c1cccc(C(F)(F)C(=O)N(C)C)c1F. The number of carbonyl (C=O) groups excluding carboxylic acids is 1. The number of hydrogen-bond donors (Lipinski definition) is 1. The number of alkyl halides is 2. The molecule has 0 spiro atoms. The average molecular weight is 364 g/mol. The van der Waals surface area contributed by atoms with Crippen molar-refractivity contribution < 1.29 is 22.5 Å². The van der Waals surface area contributed by atoms with Crippen molar-refractivity contribution in [2.75, 3.05) is 14.1 Å². The topological polar surface area (TPSA) is 55.4 Å². The summed E-state index contributed by atoms with van der Waals surface area (Å²) in [7, 11) is 2.35. The largest absolute Gasteiger partial charge is 0.598 e. The van der Waals surface area contributed by atoms with E-state index in [9.17, 15) is 22.5 Å². The van der Waals surface area contributed by atoms with Gasteiger partial charge in [-0.05, 0) is 33.8 Å². The van der Waals surface area contributed by atoms with E-state index in [0.29, 0.717) is 4.90 Å². The Hall–Kier alpha value is -1.25. The van der Waals surface area contributed by atoms with E-state index in [-0.39, 0.29) is 5.56 Å². The zero-order valence-corrected chi connectivity index (χ0v) is 15.4. The van der Waals surface area contributed by atoms with Gasteiger partial charge in [-0.25, -0.2) is 4.39 Å². The van der Waals surface area contributed by atoms with Crippen molar-refractivity contribution in [3.8, 4) is 0 Å². The van der Waals surface area contributed by atoms with E-state index in [0.717, 1.165) is 6.07 Å². The smallest absolute Gasteiger partial charge is 0.352 e. The van der Waals surface area contributed by atoms with Gasteiger partial charge >= 0.3 is 5.92 Å². The molecule has 2 atom stereocenters. The van der Waals surface area contributed by atoms with Gasteiger partial charge in [0.25, 0.3) is 5.91 Å². The molecule has 1 rings (SSSR count). The first-order valence-corrected chi connectivity index (χ1v) is 8.51. The van der Waals surface area contributed by atoms with Crippen molar-refractivity contribution in [2.45, 2.75) is 44.4 Å². The quantitative estimate of drug-likeness (QED) is 0.817. The molecule has 0 fully saturated rings. The van der Waals surface area contributed by atoms with Crippen LogP contribution in [-0.2, 0) is 22.1 Å². The normalized spacial score (nSPS) is 15.1. The van der Waals surface area contributed by atoms with Crippen LogP contribution in [-0.4, -0.2) is 34.2 Å². The molecule has 1 N–H and O–H groups in total. The molecule has 0 heterocycles. The predicted molar refractivity (Wildman–Crippen MR) is 88.4 cm³/mol. The minimum absolute atomic E-state index is 0.0728. The van der Waals surface area contributed by atoms with Crippen molar-refractivity contribution in [3.63, 3.8) is 0 Å². The molecule has 136 valence electrons. The number of nitrogens with one attached hydrogen (secondary N) is 1. The molecule has 0 aromatic heterocycles. The molecular weight excluding hydrogens is 341 g/mol. The molecular formula is C16H23F3N2O2S. The molecule has 8 heteroatoms. The second-order valence-corrected chi connectivity index (χ2v) is 8.70. The van der Waals surface area contributed by atoms with E-state index in [1.807, 2.05) is 0 Å². The van der Waals surface area contributed by atoms with Crippen LogP contribution in [0.1, 0.15) is 44.9 Å². The van der Waals surface area contributed by atoms with Crippen LogP contribution in [0.15, 0.2) is 18.2 Å². The van der Waals surface area contributed by atoms with E-state index in [1.54, 1.807) is 20.8 Å². The van der Waals surface area contributed by atoms with Crippen molar-refractivity contribution in [1.29, 1.82) is 0 Å². The highest BCUT2D eigenvalue weighted by Crippen LogP contribution is 2.34. The van der Waals surface area contributed by atoms with E-state index in [2.05, 4.69) is 4.72 Å². The fourth-order valence-electron chi connectivity index (χ4n) is 1.92. The third-order valence-electron chi connectivity index (χ3n) is 3.35. The maximum atomic E-state index is 14.6. The predicted octanol–water partition coefficient (Wildman–Crippen LogP) is 3.12. The van der Waals surface area contributed by atoms with Crippen molar-refractivity contribution in [3.05, 3.63) is 35.1 Å². The van der Waals surface area contributed by atoms with Crippen LogP contribution >= 0.6 is 0 Å². The van der Waals surface area contributed by atoms with Gasteiger partial charge in [-0.15, -0.1) is 4.72 Å². The van der Waals surface area contributed by atoms with Crippen LogP contribution in [0.2, 0.25) is 0 Å². The molecule has 24 heavy (non-hydrogen) atoms. The molecule has 1 aromatic carbocycles. The van der Waals surface area contributed by atoms with Crippen LogP contribution in [0.4, 0.5) is 13.2 Å². The number of nitrogens with zero attached hydrogens (tertiary/aromatic N) is 1. The highest BCUT2D eigenvalue weighted by atomic mass is 32.2. The lowest BCUT2D eigenvalue weighted by Gasteiger charge is -2.27. The lowest BCUT2D eigenvalue weighted by molar-refractivity contribution is -0.156. The molecule has 0 aliphatic heterocycles. The maximum absolute atomic E-state index is 14.6. The Labute approximate surface area is 143 Å². The van der Waals surface area contributed by atoms with Gasteiger partial charge in [0.2, 0.25) is 0 Å². The summed E-state index contributed by atoms with van der Waals surface area (Å²) in [5.74, 6) is -6.66. The minimum Gasteiger partial charge on any atom is -0.598 e. The van der Waals surface area contributed by atoms with Gasteiger partial charge in [0.05, 0.1) is 11.6 Å². The van der Waals surface area contributed by atoms with Gasteiger partial charge in [0, 0.05) is 31.0 Å². The first-order chi connectivity index (χ1) is 10.8. The van der Waals surface area contributed by atoms with Crippen LogP contribution in [0.25, 0.3) is 0 Å². The van der Waals surface area contributed by atoms with Gasteiger partial charge in [0.1, 0.15) is 10.6 Å². The zero-order chi connectivity index (χ0) is 18.9. The number of amides is 1. The third-order valence-corrected chi connectivity index (χ3v) is 5.03.